The van der Waals surface area contributed by atoms with Crippen molar-refractivity contribution in [1.82, 2.24) is 5.32 Å². The highest BCUT2D eigenvalue weighted by molar-refractivity contribution is 4.95. The Balaban J connectivity index is 2.20. The fraction of sp³-hybridized carbons (Fsp3) is 0.556. The maximum Gasteiger partial charge on any atom is 0.116 e. The van der Waals surface area contributed by atoms with Crippen LogP contribution in [0, 0.1) is 0 Å². The molecule has 62 valence electrons. The summed E-state index contributed by atoms with van der Waals surface area (Å²) in [5.41, 5.74) is 0. The normalized spacial score (nSPS) is 23.9. The number of likely N-dealkylation sites (N-methyl/N-ethyl adjacent to an activating group) is 1. The van der Waals surface area contributed by atoms with E-state index in [1.807, 2.05) is 7.05 Å². The van der Waals surface area contributed by atoms with Crippen LogP contribution in [0.15, 0.2) is 24.5 Å². The fourth-order valence-corrected chi connectivity index (χ4v) is 1.03. The predicted molar refractivity (Wildman–Crippen MR) is 46.3 cm³/mol. The van der Waals surface area contributed by atoms with Gasteiger partial charge in [-0.1, -0.05) is 6.08 Å². The van der Waals surface area contributed by atoms with Crippen molar-refractivity contribution < 1.29 is 4.74 Å². The van der Waals surface area contributed by atoms with Gasteiger partial charge in [0.1, 0.15) is 6.10 Å². The average molecular weight is 153 g/mol. The maximum absolute atomic E-state index is 5.33. The lowest BCUT2D eigenvalue weighted by Gasteiger charge is -2.14. The second-order valence-corrected chi connectivity index (χ2v) is 2.61. The predicted octanol–water partition coefficient (Wildman–Crippen LogP) is 1.45. The van der Waals surface area contributed by atoms with Crippen LogP contribution in [-0.2, 0) is 4.74 Å². The SMILES string of the molecule is CNC/C=C/C1CCC=CO1. The van der Waals surface area contributed by atoms with Gasteiger partial charge in [0.05, 0.1) is 6.26 Å². The lowest BCUT2D eigenvalue weighted by Crippen LogP contribution is -2.10. The van der Waals surface area contributed by atoms with Crippen LogP contribution < -0.4 is 5.32 Å². The number of nitrogens with one attached hydrogen (secondary N) is 1. The molecule has 0 fully saturated rings. The Bertz CT molecular complexity index is 152. The number of allylic oxidation sites excluding steroid dienone is 1. The molecule has 0 saturated heterocycles. The molecule has 1 rings (SSSR count). The molecule has 1 aliphatic heterocycles. The van der Waals surface area contributed by atoms with E-state index in [2.05, 4.69) is 23.5 Å². The summed E-state index contributed by atoms with van der Waals surface area (Å²) in [5.74, 6) is 0. The van der Waals surface area contributed by atoms with Gasteiger partial charge in [-0.05, 0) is 32.0 Å². The summed E-state index contributed by atoms with van der Waals surface area (Å²) in [6, 6.07) is 0. The van der Waals surface area contributed by atoms with Crippen molar-refractivity contribution in [3.8, 4) is 0 Å². The van der Waals surface area contributed by atoms with E-state index in [0.29, 0.717) is 6.10 Å². The molecular weight excluding hydrogens is 138 g/mol. The molecule has 2 heteroatoms. The van der Waals surface area contributed by atoms with Crippen LogP contribution in [0.25, 0.3) is 0 Å². The standard InChI is InChI=1S/C9H15NO/c1-10-7-4-6-9-5-2-3-8-11-9/h3-4,6,8-10H,2,5,7H2,1H3/b6-4+. The number of rotatable bonds is 3. The average Bonchev–Trinajstić information content (AvgIpc) is 2.07. The minimum absolute atomic E-state index is 0.299. The molecule has 0 radical (unpaired) electrons. The zero-order valence-corrected chi connectivity index (χ0v) is 6.92. The Labute approximate surface area is 67.9 Å². The molecule has 1 aliphatic rings. The molecule has 1 heterocycles. The largest absolute Gasteiger partial charge is 0.494 e. The van der Waals surface area contributed by atoms with Crippen molar-refractivity contribution in [2.45, 2.75) is 18.9 Å². The molecule has 0 aromatic heterocycles. The van der Waals surface area contributed by atoms with Crippen molar-refractivity contribution in [2.75, 3.05) is 13.6 Å². The Kier molecular flexibility index (Phi) is 3.76. The lowest BCUT2D eigenvalue weighted by atomic mass is 10.1. The second kappa shape index (κ2) is 4.97. The molecule has 1 unspecified atom stereocenters. The summed E-state index contributed by atoms with van der Waals surface area (Å²) >= 11 is 0. The fourth-order valence-electron chi connectivity index (χ4n) is 1.03. The monoisotopic (exact) mass is 153 g/mol. The molecule has 1 N–H and O–H groups in total. The highest BCUT2D eigenvalue weighted by Crippen LogP contribution is 2.10. The Morgan fingerprint density at radius 2 is 2.64 bits per heavy atom. The van der Waals surface area contributed by atoms with E-state index in [9.17, 15) is 0 Å². The van der Waals surface area contributed by atoms with Crippen molar-refractivity contribution in [3.05, 3.63) is 24.5 Å². The zero-order chi connectivity index (χ0) is 7.94. The number of hydrogen-bond donors (Lipinski definition) is 1. The first kappa shape index (κ1) is 8.34. The number of ether oxygens (including phenoxy) is 1. The van der Waals surface area contributed by atoms with Crippen LogP contribution in [0.3, 0.4) is 0 Å². The second-order valence-electron chi connectivity index (χ2n) is 2.61. The third kappa shape index (κ3) is 3.23. The topological polar surface area (TPSA) is 21.3 Å². The van der Waals surface area contributed by atoms with Gasteiger partial charge in [0.2, 0.25) is 0 Å². The van der Waals surface area contributed by atoms with E-state index in [-0.39, 0.29) is 0 Å². The van der Waals surface area contributed by atoms with E-state index in [1.165, 1.54) is 0 Å². The van der Waals surface area contributed by atoms with Crippen molar-refractivity contribution >= 4 is 0 Å². The van der Waals surface area contributed by atoms with Gasteiger partial charge in [0.25, 0.3) is 0 Å². The molecule has 0 bridgehead atoms. The van der Waals surface area contributed by atoms with Crippen molar-refractivity contribution in [3.63, 3.8) is 0 Å². The lowest BCUT2D eigenvalue weighted by molar-refractivity contribution is 0.165. The molecular formula is C9H15NO. The van der Waals surface area contributed by atoms with E-state index >= 15 is 0 Å². The molecule has 2 nitrogen and oxygen atoms in total. The maximum atomic E-state index is 5.33. The van der Waals surface area contributed by atoms with Crippen LogP contribution in [0.5, 0.6) is 0 Å². The summed E-state index contributed by atoms with van der Waals surface area (Å²) in [5, 5.41) is 3.05. The van der Waals surface area contributed by atoms with Gasteiger partial charge in [-0.25, -0.2) is 0 Å². The summed E-state index contributed by atoms with van der Waals surface area (Å²) in [6.07, 6.45) is 10.6. The summed E-state index contributed by atoms with van der Waals surface area (Å²) in [6.45, 7) is 0.920. The van der Waals surface area contributed by atoms with Crippen molar-refractivity contribution in [2.24, 2.45) is 0 Å². The molecule has 1 atom stereocenters. The minimum atomic E-state index is 0.299. The molecule has 0 aromatic rings. The molecule has 0 aliphatic carbocycles. The summed E-state index contributed by atoms with van der Waals surface area (Å²) < 4.78 is 5.33. The smallest absolute Gasteiger partial charge is 0.116 e. The highest BCUT2D eigenvalue weighted by Gasteiger charge is 2.04. The van der Waals surface area contributed by atoms with E-state index < -0.39 is 0 Å². The van der Waals surface area contributed by atoms with Crippen LogP contribution in [0.1, 0.15) is 12.8 Å². The van der Waals surface area contributed by atoms with Gasteiger partial charge >= 0.3 is 0 Å². The quantitative estimate of drug-likeness (QED) is 0.620. The third-order valence-electron chi connectivity index (χ3n) is 1.64. The summed E-state index contributed by atoms with van der Waals surface area (Å²) in [4.78, 5) is 0. The first-order chi connectivity index (χ1) is 5.43. The Morgan fingerprint density at radius 1 is 1.73 bits per heavy atom. The van der Waals surface area contributed by atoms with Gasteiger partial charge in [-0.2, -0.15) is 0 Å². The van der Waals surface area contributed by atoms with E-state index in [1.54, 1.807) is 6.26 Å². The molecule has 0 amide bonds. The van der Waals surface area contributed by atoms with Crippen LogP contribution in [0.4, 0.5) is 0 Å². The van der Waals surface area contributed by atoms with Gasteiger partial charge in [-0.15, -0.1) is 0 Å². The van der Waals surface area contributed by atoms with Crippen LogP contribution in [0.2, 0.25) is 0 Å². The number of hydrogen-bond acceptors (Lipinski definition) is 2. The van der Waals surface area contributed by atoms with Gasteiger partial charge < -0.3 is 10.1 Å². The first-order valence-electron chi connectivity index (χ1n) is 4.05. The Morgan fingerprint density at radius 3 is 3.27 bits per heavy atom. The van der Waals surface area contributed by atoms with E-state index in [0.717, 1.165) is 19.4 Å². The molecule has 0 spiro atoms. The van der Waals surface area contributed by atoms with Gasteiger partial charge in [0, 0.05) is 6.54 Å². The zero-order valence-electron chi connectivity index (χ0n) is 6.92. The van der Waals surface area contributed by atoms with Crippen LogP contribution in [-0.4, -0.2) is 19.7 Å². The third-order valence-corrected chi connectivity index (χ3v) is 1.64. The van der Waals surface area contributed by atoms with E-state index in [4.69, 9.17) is 4.74 Å². The summed E-state index contributed by atoms with van der Waals surface area (Å²) in [7, 11) is 1.94. The first-order valence-corrected chi connectivity index (χ1v) is 4.05. The van der Waals surface area contributed by atoms with Gasteiger partial charge in [0.15, 0.2) is 0 Å². The highest BCUT2D eigenvalue weighted by atomic mass is 16.5. The Hall–Kier alpha value is -0.760. The molecule has 11 heavy (non-hydrogen) atoms. The van der Waals surface area contributed by atoms with Crippen LogP contribution >= 0.6 is 0 Å². The van der Waals surface area contributed by atoms with Gasteiger partial charge in [-0.3, -0.25) is 0 Å². The molecule has 0 saturated carbocycles. The van der Waals surface area contributed by atoms with Crippen molar-refractivity contribution in [1.29, 1.82) is 0 Å². The molecule has 0 aromatic carbocycles. The minimum Gasteiger partial charge on any atom is -0.494 e.